The number of halogens is 3. The minimum absolute atomic E-state index is 0.0189. The van der Waals surface area contributed by atoms with E-state index in [1.54, 1.807) is 6.07 Å². The molecule has 0 bridgehead atoms. The van der Waals surface area contributed by atoms with Crippen LogP contribution >= 0.6 is 11.6 Å². The molecule has 0 saturated heterocycles. The zero-order chi connectivity index (χ0) is 19.3. The average molecular weight is 379 g/mol. The number of nitro benzene ring substituents is 1. The first-order valence-electron chi connectivity index (χ1n) is 6.89. The normalized spacial score (nSPS) is 10.8. The van der Waals surface area contributed by atoms with Crippen LogP contribution in [0.3, 0.4) is 0 Å². The molecule has 7 nitrogen and oxygen atoms in total. The van der Waals surface area contributed by atoms with Crippen molar-refractivity contribution in [3.63, 3.8) is 0 Å². The van der Waals surface area contributed by atoms with Gasteiger partial charge in [0.25, 0.3) is 11.6 Å². The molecule has 2 aromatic rings. The molecule has 0 aromatic heterocycles. The summed E-state index contributed by atoms with van der Waals surface area (Å²) in [5.41, 5.74) is -1.16. The first-order chi connectivity index (χ1) is 12.3. The van der Waals surface area contributed by atoms with Crippen molar-refractivity contribution in [2.75, 3.05) is 10.6 Å². The fourth-order valence-electron chi connectivity index (χ4n) is 1.82. The summed E-state index contributed by atoms with van der Waals surface area (Å²) in [6, 6.07) is 7.59. The van der Waals surface area contributed by atoms with Crippen molar-refractivity contribution in [3.8, 4) is 6.07 Å². The molecule has 132 valence electrons. The monoisotopic (exact) mass is 378 g/mol. The van der Waals surface area contributed by atoms with Crippen molar-refractivity contribution in [3.05, 3.63) is 74.9 Å². The fraction of sp³-hybridized carbons (Fsp3) is 0. The van der Waals surface area contributed by atoms with Crippen LogP contribution < -0.4 is 10.6 Å². The largest absolute Gasteiger partial charge is 0.358 e. The maximum absolute atomic E-state index is 13.5. The molecule has 0 aliphatic carbocycles. The molecular weight excluding hydrogens is 370 g/mol. The predicted molar refractivity (Wildman–Crippen MR) is 90.4 cm³/mol. The zero-order valence-corrected chi connectivity index (χ0v) is 13.6. The molecule has 0 aliphatic rings. The van der Waals surface area contributed by atoms with Gasteiger partial charge in [-0.3, -0.25) is 14.9 Å². The van der Waals surface area contributed by atoms with Crippen molar-refractivity contribution in [2.24, 2.45) is 0 Å². The second-order valence-corrected chi connectivity index (χ2v) is 5.22. The first kappa shape index (κ1) is 18.8. The second kappa shape index (κ2) is 8.04. The van der Waals surface area contributed by atoms with E-state index >= 15 is 0 Å². The lowest BCUT2D eigenvalue weighted by atomic mass is 10.2. The second-order valence-electron chi connectivity index (χ2n) is 4.81. The molecule has 26 heavy (non-hydrogen) atoms. The van der Waals surface area contributed by atoms with Crippen LogP contribution in [-0.4, -0.2) is 10.8 Å². The molecule has 2 rings (SSSR count). The van der Waals surface area contributed by atoms with Crippen molar-refractivity contribution in [1.29, 1.82) is 5.26 Å². The van der Waals surface area contributed by atoms with Gasteiger partial charge in [0.05, 0.1) is 21.3 Å². The topological polar surface area (TPSA) is 108 Å². The van der Waals surface area contributed by atoms with Gasteiger partial charge in [-0.15, -0.1) is 0 Å². The molecule has 0 aliphatic heterocycles. The average Bonchev–Trinajstić information content (AvgIpc) is 2.60. The number of carbonyl (C=O) groups is 1. The van der Waals surface area contributed by atoms with E-state index in [1.807, 2.05) is 0 Å². The lowest BCUT2D eigenvalue weighted by molar-refractivity contribution is -0.384. The molecule has 10 heteroatoms. The van der Waals surface area contributed by atoms with Crippen LogP contribution in [0.25, 0.3) is 0 Å². The minimum atomic E-state index is -0.945. The van der Waals surface area contributed by atoms with Crippen LogP contribution in [0.15, 0.2) is 48.2 Å². The third-order valence-corrected chi connectivity index (χ3v) is 3.40. The van der Waals surface area contributed by atoms with E-state index in [9.17, 15) is 23.7 Å². The Morgan fingerprint density at radius 1 is 1.23 bits per heavy atom. The smallest absolute Gasteiger partial charge is 0.271 e. The van der Waals surface area contributed by atoms with Gasteiger partial charge in [0, 0.05) is 24.4 Å². The van der Waals surface area contributed by atoms with Crippen molar-refractivity contribution < 1.29 is 18.5 Å². The molecule has 0 heterocycles. The Bertz CT molecular complexity index is 957. The highest BCUT2D eigenvalue weighted by molar-refractivity contribution is 6.34. The van der Waals surface area contributed by atoms with Gasteiger partial charge in [-0.05, 0) is 18.2 Å². The number of carbonyl (C=O) groups excluding carboxylic acids is 1. The number of hydrogen-bond acceptors (Lipinski definition) is 5. The minimum Gasteiger partial charge on any atom is -0.358 e. The zero-order valence-electron chi connectivity index (χ0n) is 12.8. The van der Waals surface area contributed by atoms with E-state index in [1.165, 1.54) is 6.07 Å². The molecule has 0 atom stereocenters. The van der Waals surface area contributed by atoms with E-state index in [2.05, 4.69) is 10.6 Å². The van der Waals surface area contributed by atoms with Crippen LogP contribution in [0, 0.1) is 33.1 Å². The Kier molecular flexibility index (Phi) is 5.82. The highest BCUT2D eigenvalue weighted by atomic mass is 35.5. The SMILES string of the molecule is N#C/C(=C/Nc1cc(F)ccc1F)C(=O)Nc1cc([N+](=O)[O-])ccc1Cl. The van der Waals surface area contributed by atoms with Gasteiger partial charge in [0.15, 0.2) is 0 Å². The van der Waals surface area contributed by atoms with Gasteiger partial charge in [-0.1, -0.05) is 11.6 Å². The standard InChI is InChI=1S/C16H9ClF2N4O3/c17-12-3-2-11(23(25)26)6-14(12)22-16(24)9(7-20)8-21-15-5-10(18)1-4-13(15)19/h1-6,8,21H,(H,22,24)/b9-8-. The summed E-state index contributed by atoms with van der Waals surface area (Å²) in [5, 5.41) is 24.4. The Hall–Kier alpha value is -3.51. The summed E-state index contributed by atoms with van der Waals surface area (Å²) in [5.74, 6) is -2.45. The Balaban J connectivity index is 2.21. The van der Waals surface area contributed by atoms with E-state index in [4.69, 9.17) is 16.9 Å². The number of amides is 1. The van der Waals surface area contributed by atoms with Gasteiger partial charge in [-0.25, -0.2) is 8.78 Å². The molecule has 1 amide bonds. The van der Waals surface area contributed by atoms with Crippen LogP contribution in [-0.2, 0) is 4.79 Å². The number of hydrogen-bond donors (Lipinski definition) is 2. The molecule has 0 fully saturated rings. The van der Waals surface area contributed by atoms with E-state index < -0.39 is 28.0 Å². The van der Waals surface area contributed by atoms with Gasteiger partial charge in [-0.2, -0.15) is 5.26 Å². The molecule has 0 spiro atoms. The fourth-order valence-corrected chi connectivity index (χ4v) is 1.98. The number of anilines is 2. The molecule has 0 saturated carbocycles. The predicted octanol–water partition coefficient (Wildman–Crippen LogP) is 3.98. The van der Waals surface area contributed by atoms with Gasteiger partial charge >= 0.3 is 0 Å². The maximum atomic E-state index is 13.5. The van der Waals surface area contributed by atoms with Crippen LogP contribution in [0.2, 0.25) is 5.02 Å². The number of nitro groups is 1. The number of rotatable bonds is 5. The number of nitriles is 1. The number of benzene rings is 2. The summed E-state index contributed by atoms with van der Waals surface area (Å²) in [7, 11) is 0. The summed E-state index contributed by atoms with van der Waals surface area (Å²) >= 11 is 5.86. The Morgan fingerprint density at radius 2 is 1.96 bits per heavy atom. The third-order valence-electron chi connectivity index (χ3n) is 3.07. The summed E-state index contributed by atoms with van der Waals surface area (Å²) in [6.45, 7) is 0. The summed E-state index contributed by atoms with van der Waals surface area (Å²) in [6.07, 6.45) is 0.873. The maximum Gasteiger partial charge on any atom is 0.271 e. The van der Waals surface area contributed by atoms with Gasteiger partial charge in [0.2, 0.25) is 0 Å². The van der Waals surface area contributed by atoms with Crippen LogP contribution in [0.4, 0.5) is 25.8 Å². The van der Waals surface area contributed by atoms with Gasteiger partial charge in [0.1, 0.15) is 23.3 Å². The number of nitrogens with zero attached hydrogens (tertiary/aromatic N) is 2. The van der Waals surface area contributed by atoms with Crippen molar-refractivity contribution >= 4 is 34.6 Å². The van der Waals surface area contributed by atoms with E-state index in [0.717, 1.165) is 36.5 Å². The lowest BCUT2D eigenvalue weighted by Gasteiger charge is -2.07. The van der Waals surface area contributed by atoms with Gasteiger partial charge < -0.3 is 10.6 Å². The molecule has 0 radical (unpaired) electrons. The highest BCUT2D eigenvalue weighted by Crippen LogP contribution is 2.27. The highest BCUT2D eigenvalue weighted by Gasteiger charge is 2.15. The Morgan fingerprint density at radius 3 is 2.62 bits per heavy atom. The molecule has 2 N–H and O–H groups in total. The summed E-state index contributed by atoms with van der Waals surface area (Å²) in [4.78, 5) is 22.2. The quantitative estimate of drug-likeness (QED) is 0.354. The Labute approximate surface area is 150 Å². The van der Waals surface area contributed by atoms with Crippen LogP contribution in [0.1, 0.15) is 0 Å². The third kappa shape index (κ3) is 4.52. The number of non-ortho nitro benzene ring substituents is 1. The molecular formula is C16H9ClF2N4O3. The van der Waals surface area contributed by atoms with Crippen molar-refractivity contribution in [2.45, 2.75) is 0 Å². The van der Waals surface area contributed by atoms with Crippen LogP contribution in [0.5, 0.6) is 0 Å². The summed E-state index contributed by atoms with van der Waals surface area (Å²) < 4.78 is 26.6. The van der Waals surface area contributed by atoms with Crippen molar-refractivity contribution in [1.82, 2.24) is 0 Å². The molecule has 2 aromatic carbocycles. The van der Waals surface area contributed by atoms with E-state index in [-0.39, 0.29) is 22.1 Å². The van der Waals surface area contributed by atoms with E-state index in [0.29, 0.717) is 0 Å². The number of nitrogens with one attached hydrogen (secondary N) is 2. The molecule has 0 unspecified atom stereocenters. The first-order valence-corrected chi connectivity index (χ1v) is 7.26. The lowest BCUT2D eigenvalue weighted by Crippen LogP contribution is -2.15.